The van der Waals surface area contributed by atoms with Crippen LogP contribution in [0, 0.1) is 0 Å². The fourth-order valence-electron chi connectivity index (χ4n) is 4.84. The molecule has 40 heavy (non-hydrogen) atoms. The lowest BCUT2D eigenvalue weighted by Gasteiger charge is -2.22. The normalized spacial score (nSPS) is 20.6. The van der Waals surface area contributed by atoms with E-state index in [1.807, 2.05) is 0 Å². The van der Waals surface area contributed by atoms with Crippen molar-refractivity contribution in [1.29, 1.82) is 0 Å². The highest BCUT2D eigenvalue weighted by Gasteiger charge is 2.21. The van der Waals surface area contributed by atoms with Gasteiger partial charge in [-0.25, -0.2) is 0 Å². The van der Waals surface area contributed by atoms with Gasteiger partial charge in [-0.05, 0) is 76.5 Å². The lowest BCUT2D eigenvalue weighted by molar-refractivity contribution is 1.64. The van der Waals surface area contributed by atoms with Crippen LogP contribution in [0.3, 0.4) is 0 Å². The molecule has 0 heteroatoms. The summed E-state index contributed by atoms with van der Waals surface area (Å²) in [6.45, 7) is 0. The fraction of sp³-hybridized carbons (Fsp3) is 0. The minimum atomic E-state index is -1.08. The van der Waals surface area contributed by atoms with E-state index in [-0.39, 0.29) is 0 Å². The second-order valence-corrected chi connectivity index (χ2v) is 8.50. The summed E-state index contributed by atoms with van der Waals surface area (Å²) in [4.78, 5) is 0. The Bertz CT molecular complexity index is 3610. The number of benzene rings is 8. The Balaban J connectivity index is 1.94. The molecule has 0 saturated heterocycles. The van der Waals surface area contributed by atoms with Gasteiger partial charge in [-0.3, -0.25) is 0 Å². The molecule has 186 valence electrons. The summed E-state index contributed by atoms with van der Waals surface area (Å²) in [6, 6.07) is -25.4. The zero-order valence-electron chi connectivity index (χ0n) is 46.0. The predicted octanol–water partition coefficient (Wildman–Crippen LogP) is 11.3. The Kier molecular flexibility index (Phi) is 1.99. The third-order valence-corrected chi connectivity index (χ3v) is 6.44. The van der Waals surface area contributed by atoms with Crippen LogP contribution in [0.5, 0.6) is 0 Å². The maximum atomic E-state index is 9.61. The van der Waals surface area contributed by atoms with E-state index in [9.17, 15) is 9.60 Å². The molecule has 0 aliphatic carbocycles. The molecule has 8 aromatic rings. The molecule has 8 rings (SSSR count). The van der Waals surface area contributed by atoms with Gasteiger partial charge < -0.3 is 0 Å². The summed E-state index contributed by atoms with van der Waals surface area (Å²) in [5, 5.41) is -5.89. The summed E-state index contributed by atoms with van der Waals surface area (Å²) in [5.74, 6) is 0. The molecule has 0 amide bonds. The van der Waals surface area contributed by atoms with Gasteiger partial charge in [-0.15, -0.1) is 0 Å². The first-order chi connectivity index (χ1) is 30.7. The van der Waals surface area contributed by atoms with Crippen molar-refractivity contribution in [2.75, 3.05) is 0 Å². The highest BCUT2D eigenvalue weighted by atomic mass is 14.2. The maximum Gasteiger partial charge on any atom is 0.0629 e. The van der Waals surface area contributed by atoms with E-state index in [0.717, 1.165) is 0 Å². The minimum Gasteiger partial charge on any atom is -0.0622 e. The fourth-order valence-corrected chi connectivity index (χ4v) is 4.84. The first-order valence-electron chi connectivity index (χ1n) is 24.8. The Morgan fingerprint density at radius 2 is 0.725 bits per heavy atom. The average Bonchev–Trinajstić information content (AvgIpc) is 3.29. The second kappa shape index (κ2) is 9.22. The van der Waals surface area contributed by atoms with Crippen molar-refractivity contribution in [2.24, 2.45) is 0 Å². The third kappa shape index (κ3) is 3.47. The molecule has 0 nitrogen and oxygen atoms in total. The highest BCUT2D eigenvalue weighted by Crippen LogP contribution is 2.49. The Morgan fingerprint density at radius 1 is 0.300 bits per heavy atom. The molecule has 0 fully saturated rings. The van der Waals surface area contributed by atoms with E-state index < -0.39 is 234 Å². The molecule has 0 aromatic heterocycles. The van der Waals surface area contributed by atoms with Gasteiger partial charge in [0.25, 0.3) is 0 Å². The van der Waals surface area contributed by atoms with Crippen molar-refractivity contribution < 1.29 is 35.6 Å². The first kappa shape index (κ1) is 8.65. The molecule has 0 spiro atoms. The monoisotopic (exact) mass is 532 g/mol. The van der Waals surface area contributed by atoms with E-state index in [0.29, 0.717) is 0 Å². The van der Waals surface area contributed by atoms with Crippen molar-refractivity contribution in [3.8, 4) is 33.4 Å². The van der Waals surface area contributed by atoms with Crippen molar-refractivity contribution in [1.82, 2.24) is 0 Å². The Labute approximate surface area is 270 Å². The van der Waals surface area contributed by atoms with Gasteiger partial charge in [0.1, 0.15) is 0 Å². The number of hydrogen-bond acceptors (Lipinski definition) is 0. The summed E-state index contributed by atoms with van der Waals surface area (Å²) < 4.78 is 233. The topological polar surface area (TPSA) is 0 Å². The van der Waals surface area contributed by atoms with Gasteiger partial charge in [0.15, 0.2) is 0 Å². The molecule has 8 aromatic carbocycles. The van der Waals surface area contributed by atoms with Crippen molar-refractivity contribution in [3.63, 3.8) is 0 Å². The third-order valence-electron chi connectivity index (χ3n) is 6.44. The van der Waals surface area contributed by atoms with Crippen LogP contribution >= 0.6 is 0 Å². The molecular formula is C40H26. The number of fused-ring (bicyclic) bond motifs is 4. The molecule has 0 heterocycles. The molecule has 0 N–H and O–H groups in total. The zero-order chi connectivity index (χ0) is 49.1. The first-order valence-corrected chi connectivity index (χ1v) is 11.8. The second-order valence-electron chi connectivity index (χ2n) is 8.50. The number of hydrogen-bond donors (Lipinski definition) is 0. The van der Waals surface area contributed by atoms with Crippen LogP contribution in [0.15, 0.2) is 157 Å². The van der Waals surface area contributed by atoms with Crippen molar-refractivity contribution >= 4 is 43.1 Å². The molecule has 0 atom stereocenters. The van der Waals surface area contributed by atoms with Crippen LogP contribution in [0.1, 0.15) is 35.6 Å². The standard InChI is InChI=1S/C40H26/c1-2-13-29(14-3-1)32-23-12-26-37-38(33-24-10-17-27-15-4-6-19-30(27)33)35-21-8-9-22-36(35)40(39(32)37)34-25-11-18-28-16-5-7-20-31(28)34/h1-26H/i1D,2D,3D,4D,5D,6D,7D,8D,9D,10D,11D,12D,13D,14D,15D,16D,17D,18D,19D,20D,21D,22D,23D,24D,25D,26D. The Morgan fingerprint density at radius 3 is 1.38 bits per heavy atom. The van der Waals surface area contributed by atoms with E-state index >= 15 is 0 Å². The Hall–Kier alpha value is -5.20. The van der Waals surface area contributed by atoms with Gasteiger partial charge >= 0.3 is 0 Å². The van der Waals surface area contributed by atoms with Crippen LogP contribution in [0.2, 0.25) is 0 Å². The quantitative estimate of drug-likeness (QED) is 0.198. The highest BCUT2D eigenvalue weighted by molar-refractivity contribution is 6.27. The molecular weight excluding hydrogens is 480 g/mol. The maximum absolute atomic E-state index is 9.61. The lowest BCUT2D eigenvalue weighted by Crippen LogP contribution is -1.94. The SMILES string of the molecule is [2H]c1c([2H])c([2H])c(-c2c([2H])c([2H])c([2H])c3c(-c4c([2H])c([2H])c([2H])c5c([2H])c([2H])c([2H])c([2H])c45)c4c([2H])c([2H])c([2H])c([2H])c4c(-c4c([2H])c([2H])c([2H])c5c([2H])c([2H])c([2H])c([2H])c45)c23)c([2H])c1[2H]. The molecule has 0 aliphatic rings. The molecule has 0 radical (unpaired) electrons. The average molecular weight is 533 g/mol. The van der Waals surface area contributed by atoms with E-state index in [1.54, 1.807) is 0 Å². The minimum absolute atomic E-state index is 0.663. The molecule has 0 aliphatic heterocycles. The van der Waals surface area contributed by atoms with Crippen LogP contribution in [-0.4, -0.2) is 0 Å². The van der Waals surface area contributed by atoms with Crippen LogP contribution in [0.25, 0.3) is 76.5 Å². The smallest absolute Gasteiger partial charge is 0.0622 e. The van der Waals surface area contributed by atoms with Gasteiger partial charge in [0.05, 0.1) is 35.6 Å². The molecule has 0 unspecified atom stereocenters. The zero-order valence-corrected chi connectivity index (χ0v) is 20.0. The summed E-state index contributed by atoms with van der Waals surface area (Å²) in [6.07, 6.45) is 0. The van der Waals surface area contributed by atoms with Gasteiger partial charge in [-0.2, -0.15) is 0 Å². The number of rotatable bonds is 3. The van der Waals surface area contributed by atoms with E-state index in [1.165, 1.54) is 0 Å². The molecule has 0 saturated carbocycles. The summed E-state index contributed by atoms with van der Waals surface area (Å²) in [5.41, 5.74) is -4.84. The van der Waals surface area contributed by atoms with E-state index in [4.69, 9.17) is 26.0 Å². The van der Waals surface area contributed by atoms with Gasteiger partial charge in [0, 0.05) is 0 Å². The van der Waals surface area contributed by atoms with Crippen molar-refractivity contribution in [2.45, 2.75) is 0 Å². The van der Waals surface area contributed by atoms with Crippen LogP contribution < -0.4 is 0 Å². The predicted molar refractivity (Wildman–Crippen MR) is 173 cm³/mol. The van der Waals surface area contributed by atoms with Crippen molar-refractivity contribution in [3.05, 3.63) is 157 Å². The lowest BCUT2D eigenvalue weighted by atomic mass is 9.81. The van der Waals surface area contributed by atoms with Crippen LogP contribution in [-0.2, 0) is 0 Å². The summed E-state index contributed by atoms with van der Waals surface area (Å²) in [7, 11) is 0. The summed E-state index contributed by atoms with van der Waals surface area (Å²) >= 11 is 0. The molecule has 0 bridgehead atoms. The van der Waals surface area contributed by atoms with Gasteiger partial charge in [0.2, 0.25) is 0 Å². The van der Waals surface area contributed by atoms with E-state index in [2.05, 4.69) is 0 Å². The largest absolute Gasteiger partial charge is 0.0629 e. The van der Waals surface area contributed by atoms with Gasteiger partial charge in [-0.1, -0.05) is 157 Å². The van der Waals surface area contributed by atoms with Crippen LogP contribution in [0.4, 0.5) is 0 Å².